The topological polar surface area (TPSA) is 72.8 Å². The molecule has 1 aliphatic heterocycles. The lowest BCUT2D eigenvalue weighted by molar-refractivity contribution is -0.116. The van der Waals surface area contributed by atoms with Gasteiger partial charge < -0.3 is 20.4 Å². The summed E-state index contributed by atoms with van der Waals surface area (Å²) in [5, 5.41) is 25.4. The zero-order valence-corrected chi connectivity index (χ0v) is 20.1. The summed E-state index contributed by atoms with van der Waals surface area (Å²) in [6, 6.07) is 22.4. The molecule has 1 fully saturated rings. The van der Waals surface area contributed by atoms with Crippen LogP contribution in [0.1, 0.15) is 36.0 Å². The number of aliphatic hydroxyl groups is 1. The molecule has 1 saturated heterocycles. The van der Waals surface area contributed by atoms with Gasteiger partial charge >= 0.3 is 0 Å². The number of amides is 1. The minimum Gasteiger partial charge on any atom is -0.506 e. The Labute approximate surface area is 206 Å². The van der Waals surface area contributed by atoms with Crippen molar-refractivity contribution in [1.82, 2.24) is 4.90 Å². The number of hydrogen-bond donors (Lipinski definition) is 3. The Morgan fingerprint density at radius 1 is 1.03 bits per heavy atom. The van der Waals surface area contributed by atoms with Crippen LogP contribution in [0.4, 0.5) is 5.69 Å². The third-order valence-electron chi connectivity index (χ3n) is 6.76. The van der Waals surface area contributed by atoms with E-state index < -0.39 is 5.60 Å². The van der Waals surface area contributed by atoms with Crippen molar-refractivity contribution in [2.45, 2.75) is 31.8 Å². The Balaban J connectivity index is 1.39. The number of phenols is 1. The maximum atomic E-state index is 12.4. The molecule has 3 N–H and O–H groups in total. The monoisotopic (exact) mass is 478 g/mol. The van der Waals surface area contributed by atoms with Crippen LogP contribution in [0, 0.1) is 12.8 Å². The predicted molar refractivity (Wildman–Crippen MR) is 136 cm³/mol. The summed E-state index contributed by atoms with van der Waals surface area (Å²) in [6.07, 6.45) is 1.97. The minimum absolute atomic E-state index is 0.0467. The van der Waals surface area contributed by atoms with Crippen LogP contribution in [0.2, 0.25) is 5.02 Å². The number of rotatable bonds is 7. The van der Waals surface area contributed by atoms with Crippen LogP contribution in [0.3, 0.4) is 0 Å². The van der Waals surface area contributed by atoms with Crippen molar-refractivity contribution in [3.63, 3.8) is 0 Å². The maximum Gasteiger partial charge on any atom is 0.225 e. The van der Waals surface area contributed by atoms with Crippen LogP contribution >= 0.6 is 11.6 Å². The first kappa shape index (κ1) is 24.3. The van der Waals surface area contributed by atoms with Gasteiger partial charge in [0.25, 0.3) is 0 Å². The minimum atomic E-state index is -1.10. The summed E-state index contributed by atoms with van der Waals surface area (Å²) < 4.78 is 0. The van der Waals surface area contributed by atoms with Crippen LogP contribution in [0.5, 0.6) is 5.75 Å². The van der Waals surface area contributed by atoms with E-state index in [-0.39, 0.29) is 17.6 Å². The highest BCUT2D eigenvalue weighted by Gasteiger charge is 2.41. The zero-order valence-electron chi connectivity index (χ0n) is 19.4. The van der Waals surface area contributed by atoms with Crippen molar-refractivity contribution in [1.29, 1.82) is 0 Å². The van der Waals surface area contributed by atoms with E-state index in [0.717, 1.165) is 42.6 Å². The summed E-state index contributed by atoms with van der Waals surface area (Å²) in [5.74, 6) is -0.00228. The number of piperidine rings is 1. The third-order valence-corrected chi connectivity index (χ3v) is 7.01. The number of halogens is 1. The average Bonchev–Trinajstić information content (AvgIpc) is 2.86. The first-order valence-corrected chi connectivity index (χ1v) is 12.1. The molecule has 3 aromatic rings. The molecule has 34 heavy (non-hydrogen) atoms. The van der Waals surface area contributed by atoms with Gasteiger partial charge in [0.2, 0.25) is 5.91 Å². The number of benzene rings is 3. The molecule has 0 saturated carbocycles. The van der Waals surface area contributed by atoms with Gasteiger partial charge in [-0.05, 0) is 79.7 Å². The highest BCUT2D eigenvalue weighted by Crippen LogP contribution is 2.42. The quantitative estimate of drug-likeness (QED) is 0.401. The number of hydrogen-bond acceptors (Lipinski definition) is 4. The molecule has 0 radical (unpaired) electrons. The fourth-order valence-electron chi connectivity index (χ4n) is 4.83. The van der Waals surface area contributed by atoms with Crippen LogP contribution in [-0.4, -0.2) is 40.7 Å². The largest absolute Gasteiger partial charge is 0.506 e. The summed E-state index contributed by atoms with van der Waals surface area (Å²) >= 11 is 6.11. The van der Waals surface area contributed by atoms with Crippen molar-refractivity contribution < 1.29 is 15.0 Å². The molecule has 5 nitrogen and oxygen atoms in total. The van der Waals surface area contributed by atoms with Crippen LogP contribution in [0.25, 0.3) is 0 Å². The highest BCUT2D eigenvalue weighted by molar-refractivity contribution is 6.30. The normalized spacial score (nSPS) is 16.7. The standard InChI is InChI=1S/C28H31ClN2O3/c1-20-7-12-26(32)25(19-20)30-27(33)15-18-31-16-13-23(14-17-31)28(34,21-5-3-2-4-6-21)22-8-10-24(29)11-9-22/h2-12,19,23,32,34H,13-18H2,1H3,(H,30,33). The number of likely N-dealkylation sites (tertiary alicyclic amines) is 1. The second-order valence-electron chi connectivity index (χ2n) is 9.07. The number of aryl methyl sites for hydroxylation is 1. The van der Waals surface area contributed by atoms with Gasteiger partial charge in [-0.2, -0.15) is 0 Å². The molecule has 0 spiro atoms. The van der Waals surface area contributed by atoms with Crippen LogP contribution in [-0.2, 0) is 10.4 Å². The second-order valence-corrected chi connectivity index (χ2v) is 9.51. The lowest BCUT2D eigenvalue weighted by Gasteiger charge is -2.42. The molecule has 1 atom stereocenters. The van der Waals surface area contributed by atoms with Gasteiger partial charge in [0.1, 0.15) is 11.4 Å². The molecular formula is C28H31ClN2O3. The van der Waals surface area contributed by atoms with Crippen LogP contribution < -0.4 is 5.32 Å². The Bertz CT molecular complexity index is 1110. The van der Waals surface area contributed by atoms with Gasteiger partial charge in [-0.25, -0.2) is 0 Å². The molecule has 0 aliphatic carbocycles. The molecule has 3 aromatic carbocycles. The molecule has 1 unspecified atom stereocenters. The van der Waals surface area contributed by atoms with Gasteiger partial charge in [-0.15, -0.1) is 0 Å². The highest BCUT2D eigenvalue weighted by atomic mass is 35.5. The van der Waals surface area contributed by atoms with Gasteiger partial charge in [-0.1, -0.05) is 60.1 Å². The number of aromatic hydroxyl groups is 1. The summed E-state index contributed by atoms with van der Waals surface area (Å²) in [7, 11) is 0. The smallest absolute Gasteiger partial charge is 0.225 e. The number of carbonyl (C=O) groups excluding carboxylic acids is 1. The zero-order chi connectivity index (χ0) is 24.1. The number of phenolic OH excluding ortho intramolecular Hbond substituents is 1. The van der Waals surface area contributed by atoms with Gasteiger partial charge in [-0.3, -0.25) is 4.79 Å². The molecule has 6 heteroatoms. The fourth-order valence-corrected chi connectivity index (χ4v) is 4.96. The Morgan fingerprint density at radius 2 is 1.68 bits per heavy atom. The van der Waals surface area contributed by atoms with E-state index in [0.29, 0.717) is 23.7 Å². The molecule has 0 bridgehead atoms. The maximum absolute atomic E-state index is 12.4. The van der Waals surface area contributed by atoms with Crippen molar-refractivity contribution in [2.24, 2.45) is 5.92 Å². The Hall–Kier alpha value is -2.86. The Morgan fingerprint density at radius 3 is 2.35 bits per heavy atom. The van der Waals surface area contributed by atoms with E-state index in [1.54, 1.807) is 18.2 Å². The molecule has 178 valence electrons. The average molecular weight is 479 g/mol. The van der Waals surface area contributed by atoms with Crippen molar-refractivity contribution in [3.05, 3.63) is 94.5 Å². The van der Waals surface area contributed by atoms with Crippen molar-refractivity contribution in [2.75, 3.05) is 25.0 Å². The van der Waals surface area contributed by atoms with E-state index in [1.165, 1.54) is 0 Å². The van der Waals surface area contributed by atoms with Gasteiger partial charge in [0, 0.05) is 18.0 Å². The summed E-state index contributed by atoms with van der Waals surface area (Å²) in [4.78, 5) is 14.7. The predicted octanol–water partition coefficient (Wildman–Crippen LogP) is 5.33. The van der Waals surface area contributed by atoms with E-state index in [9.17, 15) is 15.0 Å². The van der Waals surface area contributed by atoms with Gasteiger partial charge in [0.15, 0.2) is 0 Å². The summed E-state index contributed by atoms with van der Waals surface area (Å²) in [5.41, 5.74) is 2.05. The summed E-state index contributed by atoms with van der Waals surface area (Å²) in [6.45, 7) is 4.16. The molecule has 4 rings (SSSR count). The molecule has 0 aromatic heterocycles. The fraction of sp³-hybridized carbons (Fsp3) is 0.321. The first-order chi connectivity index (χ1) is 16.4. The van der Waals surface area contributed by atoms with E-state index in [4.69, 9.17) is 11.6 Å². The SMILES string of the molecule is Cc1ccc(O)c(NC(=O)CCN2CCC(C(O)(c3ccccc3)c3ccc(Cl)cc3)CC2)c1. The Kier molecular flexibility index (Phi) is 7.57. The van der Waals surface area contributed by atoms with E-state index in [2.05, 4.69) is 10.2 Å². The number of anilines is 1. The first-order valence-electron chi connectivity index (χ1n) is 11.7. The van der Waals surface area contributed by atoms with Crippen LogP contribution in [0.15, 0.2) is 72.8 Å². The lowest BCUT2D eigenvalue weighted by atomic mass is 9.72. The lowest BCUT2D eigenvalue weighted by Crippen LogP contribution is -2.44. The molecular weight excluding hydrogens is 448 g/mol. The van der Waals surface area contributed by atoms with Gasteiger partial charge in [0.05, 0.1) is 5.69 Å². The number of carbonyl (C=O) groups is 1. The van der Waals surface area contributed by atoms with E-state index in [1.807, 2.05) is 61.5 Å². The van der Waals surface area contributed by atoms with Crippen molar-refractivity contribution in [3.8, 4) is 5.75 Å². The third kappa shape index (κ3) is 5.44. The number of nitrogens with zero attached hydrogens (tertiary/aromatic N) is 1. The van der Waals surface area contributed by atoms with Crippen molar-refractivity contribution >= 4 is 23.2 Å². The molecule has 1 heterocycles. The molecule has 1 amide bonds. The number of nitrogens with one attached hydrogen (secondary N) is 1. The van der Waals surface area contributed by atoms with E-state index >= 15 is 0 Å². The second kappa shape index (κ2) is 10.6. The molecule has 1 aliphatic rings.